The molecular formula is C9H18O5. The summed E-state index contributed by atoms with van der Waals surface area (Å²) >= 11 is 0. The molecule has 0 fully saturated rings. The third-order valence-electron chi connectivity index (χ3n) is 1.92. The minimum Gasteiger partial charge on any atom is -0.479 e. The van der Waals surface area contributed by atoms with Crippen molar-refractivity contribution in [3.05, 3.63) is 0 Å². The number of carboxylic acids is 1. The van der Waals surface area contributed by atoms with E-state index in [-0.39, 0.29) is 19.6 Å². The number of ether oxygens (including phenoxy) is 2. The lowest BCUT2D eigenvalue weighted by Crippen LogP contribution is -2.35. The summed E-state index contributed by atoms with van der Waals surface area (Å²) in [4.78, 5) is 10.7. The second-order valence-corrected chi connectivity index (χ2v) is 3.59. The van der Waals surface area contributed by atoms with Crippen LogP contribution < -0.4 is 0 Å². The van der Waals surface area contributed by atoms with Gasteiger partial charge >= 0.3 is 5.97 Å². The van der Waals surface area contributed by atoms with Crippen LogP contribution in [0.3, 0.4) is 0 Å². The second kappa shape index (κ2) is 5.95. The van der Waals surface area contributed by atoms with E-state index in [9.17, 15) is 4.79 Å². The molecule has 0 rings (SSSR count). The minimum atomic E-state index is -1.04. The average Bonchev–Trinajstić information content (AvgIpc) is 2.12. The molecule has 0 bridgehead atoms. The minimum absolute atomic E-state index is 0.0246. The fourth-order valence-electron chi connectivity index (χ4n) is 0.942. The highest BCUT2D eigenvalue weighted by atomic mass is 16.5. The number of methoxy groups -OCH3 is 1. The maximum absolute atomic E-state index is 10.7. The largest absolute Gasteiger partial charge is 0.479 e. The first-order valence-corrected chi connectivity index (χ1v) is 4.43. The lowest BCUT2D eigenvalue weighted by molar-refractivity contribution is -0.155. The monoisotopic (exact) mass is 206 g/mol. The molecule has 2 N–H and O–H groups in total. The fraction of sp³-hybridized carbons (Fsp3) is 0.889. The van der Waals surface area contributed by atoms with Crippen molar-refractivity contribution >= 4 is 5.97 Å². The van der Waals surface area contributed by atoms with Crippen LogP contribution in [0.4, 0.5) is 0 Å². The third kappa shape index (κ3) is 5.16. The smallest absolute Gasteiger partial charge is 0.332 e. The van der Waals surface area contributed by atoms with Gasteiger partial charge in [0.15, 0.2) is 6.10 Å². The summed E-state index contributed by atoms with van der Waals surface area (Å²) in [5.41, 5.74) is -0.543. The van der Waals surface area contributed by atoms with E-state index in [0.717, 1.165) is 0 Å². The van der Waals surface area contributed by atoms with Crippen molar-refractivity contribution in [1.82, 2.24) is 0 Å². The van der Waals surface area contributed by atoms with Gasteiger partial charge in [0.1, 0.15) is 0 Å². The Morgan fingerprint density at radius 1 is 1.50 bits per heavy atom. The Balaban J connectivity index is 4.15. The van der Waals surface area contributed by atoms with Crippen LogP contribution in [0.5, 0.6) is 0 Å². The first kappa shape index (κ1) is 13.4. The van der Waals surface area contributed by atoms with Crippen LogP contribution >= 0.6 is 0 Å². The van der Waals surface area contributed by atoms with Crippen molar-refractivity contribution in [2.24, 2.45) is 0 Å². The Morgan fingerprint density at radius 2 is 2.07 bits per heavy atom. The summed E-state index contributed by atoms with van der Waals surface area (Å²) in [5, 5.41) is 17.3. The lowest BCUT2D eigenvalue weighted by atomic mass is 10.0. The summed E-state index contributed by atoms with van der Waals surface area (Å²) in [5.74, 6) is -1.04. The molecule has 1 unspecified atom stereocenters. The molecule has 0 saturated heterocycles. The van der Waals surface area contributed by atoms with E-state index in [1.807, 2.05) is 0 Å². The Hall–Kier alpha value is -0.650. The Labute approximate surface area is 83.6 Å². The molecule has 0 aromatic carbocycles. The predicted molar refractivity (Wildman–Crippen MR) is 50.2 cm³/mol. The van der Waals surface area contributed by atoms with Crippen molar-refractivity contribution in [2.75, 3.05) is 20.3 Å². The van der Waals surface area contributed by atoms with Crippen LogP contribution in [0.15, 0.2) is 0 Å². The van der Waals surface area contributed by atoms with Crippen LogP contribution in [0.25, 0.3) is 0 Å². The molecule has 14 heavy (non-hydrogen) atoms. The number of aliphatic carboxylic acids is 1. The van der Waals surface area contributed by atoms with Gasteiger partial charge in [0.05, 0.1) is 18.8 Å². The summed E-state index contributed by atoms with van der Waals surface area (Å²) < 4.78 is 10.1. The molecule has 1 atom stereocenters. The van der Waals surface area contributed by atoms with Crippen LogP contribution in [0.2, 0.25) is 0 Å². The molecule has 0 heterocycles. The van der Waals surface area contributed by atoms with Crippen molar-refractivity contribution in [2.45, 2.75) is 32.0 Å². The maximum atomic E-state index is 10.7. The number of aliphatic hydroxyl groups is 1. The van der Waals surface area contributed by atoms with Crippen LogP contribution in [0.1, 0.15) is 20.3 Å². The molecule has 0 aromatic heterocycles. The topological polar surface area (TPSA) is 76.0 Å². The highest BCUT2D eigenvalue weighted by Crippen LogP contribution is 2.17. The molecule has 5 nitrogen and oxygen atoms in total. The van der Waals surface area contributed by atoms with E-state index in [1.54, 1.807) is 13.8 Å². The zero-order valence-corrected chi connectivity index (χ0v) is 8.82. The average molecular weight is 206 g/mol. The lowest BCUT2D eigenvalue weighted by Gasteiger charge is -2.26. The first-order valence-electron chi connectivity index (χ1n) is 4.43. The van der Waals surface area contributed by atoms with Gasteiger partial charge in [-0.2, -0.15) is 0 Å². The molecule has 0 aliphatic carbocycles. The summed E-state index contributed by atoms with van der Waals surface area (Å²) in [6, 6.07) is 0. The molecule has 0 saturated carbocycles. The number of carbonyl (C=O) groups is 1. The first-order chi connectivity index (χ1) is 6.43. The van der Waals surface area contributed by atoms with E-state index < -0.39 is 17.7 Å². The molecule has 0 aliphatic rings. The Bertz CT molecular complexity index is 178. The molecule has 0 aliphatic heterocycles. The van der Waals surface area contributed by atoms with Crippen molar-refractivity contribution in [1.29, 1.82) is 0 Å². The SMILES string of the molecule is COC(C)(C)CC(OCCO)C(=O)O. The molecule has 0 radical (unpaired) electrons. The number of rotatable bonds is 7. The van der Waals surface area contributed by atoms with Gasteiger partial charge in [0.2, 0.25) is 0 Å². The van der Waals surface area contributed by atoms with Crippen LogP contribution in [-0.4, -0.2) is 48.2 Å². The molecule has 0 aromatic rings. The van der Waals surface area contributed by atoms with Gasteiger partial charge in [-0.15, -0.1) is 0 Å². The highest BCUT2D eigenvalue weighted by Gasteiger charge is 2.28. The van der Waals surface area contributed by atoms with Gasteiger partial charge in [-0.05, 0) is 13.8 Å². The molecule has 5 heteroatoms. The molecule has 0 amide bonds. The van der Waals surface area contributed by atoms with Gasteiger partial charge < -0.3 is 19.7 Å². The summed E-state index contributed by atoms with van der Waals surface area (Å²) in [7, 11) is 1.52. The van der Waals surface area contributed by atoms with E-state index in [4.69, 9.17) is 19.7 Å². The van der Waals surface area contributed by atoms with E-state index in [1.165, 1.54) is 7.11 Å². The van der Waals surface area contributed by atoms with Gasteiger partial charge in [-0.1, -0.05) is 0 Å². The predicted octanol–water partition coefficient (Wildman–Crippen LogP) is 0.264. The van der Waals surface area contributed by atoms with E-state index >= 15 is 0 Å². The Morgan fingerprint density at radius 3 is 2.43 bits per heavy atom. The molecule has 0 spiro atoms. The standard InChI is InChI=1S/C9H18O5/c1-9(2,13-3)6-7(8(11)12)14-5-4-10/h7,10H,4-6H2,1-3H3,(H,11,12). The zero-order valence-electron chi connectivity index (χ0n) is 8.82. The zero-order chi connectivity index (χ0) is 11.2. The fourth-order valence-corrected chi connectivity index (χ4v) is 0.942. The van der Waals surface area contributed by atoms with Crippen molar-refractivity contribution in [3.63, 3.8) is 0 Å². The second-order valence-electron chi connectivity index (χ2n) is 3.59. The Kier molecular flexibility index (Phi) is 5.68. The third-order valence-corrected chi connectivity index (χ3v) is 1.92. The molecule has 84 valence electrons. The number of hydrogen-bond acceptors (Lipinski definition) is 4. The van der Waals surface area contributed by atoms with Crippen LogP contribution in [0, 0.1) is 0 Å². The van der Waals surface area contributed by atoms with Crippen molar-refractivity contribution in [3.8, 4) is 0 Å². The number of carboxylic acid groups (broad SMARTS) is 1. The van der Waals surface area contributed by atoms with Gasteiger partial charge in [0, 0.05) is 13.5 Å². The van der Waals surface area contributed by atoms with E-state index in [0.29, 0.717) is 0 Å². The van der Waals surface area contributed by atoms with Gasteiger partial charge in [0.25, 0.3) is 0 Å². The number of hydrogen-bond donors (Lipinski definition) is 2. The summed E-state index contributed by atoms with van der Waals surface area (Å²) in [6.45, 7) is 3.41. The maximum Gasteiger partial charge on any atom is 0.332 e. The molecular weight excluding hydrogens is 188 g/mol. The summed E-state index contributed by atoms with van der Waals surface area (Å²) in [6.07, 6.45) is -0.684. The quantitative estimate of drug-likeness (QED) is 0.625. The normalized spacial score (nSPS) is 14.0. The van der Waals surface area contributed by atoms with Crippen molar-refractivity contribution < 1.29 is 24.5 Å². The van der Waals surface area contributed by atoms with Crippen LogP contribution in [-0.2, 0) is 14.3 Å². The number of aliphatic hydroxyl groups excluding tert-OH is 1. The van der Waals surface area contributed by atoms with E-state index in [2.05, 4.69) is 0 Å². The van der Waals surface area contributed by atoms with Gasteiger partial charge in [-0.3, -0.25) is 0 Å². The van der Waals surface area contributed by atoms with Gasteiger partial charge in [-0.25, -0.2) is 4.79 Å². The highest BCUT2D eigenvalue weighted by molar-refractivity contribution is 5.72.